The molecular weight excluding hydrogens is 348 g/mol. The fourth-order valence-corrected chi connectivity index (χ4v) is 3.86. The summed E-state index contributed by atoms with van der Waals surface area (Å²) < 4.78 is 7.17. The van der Waals surface area contributed by atoms with Gasteiger partial charge in [-0.05, 0) is 26.0 Å². The van der Waals surface area contributed by atoms with Crippen LogP contribution in [-0.4, -0.2) is 27.2 Å². The molecule has 0 fully saturated rings. The Hall–Kier alpha value is -2.54. The Bertz CT molecular complexity index is 881. The van der Waals surface area contributed by atoms with Gasteiger partial charge in [-0.25, -0.2) is 4.98 Å². The lowest BCUT2D eigenvalue weighted by Crippen LogP contribution is -2.26. The number of aryl methyl sites for hydroxylation is 3. The fourth-order valence-electron chi connectivity index (χ4n) is 2.66. The van der Waals surface area contributed by atoms with Gasteiger partial charge >= 0.3 is 0 Å². The molecule has 26 heavy (non-hydrogen) atoms. The minimum atomic E-state index is -0.0685. The first-order valence-corrected chi connectivity index (χ1v) is 9.42. The average molecular weight is 370 g/mol. The van der Waals surface area contributed by atoms with E-state index in [1.54, 1.807) is 18.0 Å². The zero-order valence-corrected chi connectivity index (χ0v) is 16.0. The Morgan fingerprint density at radius 3 is 2.81 bits per heavy atom. The highest BCUT2D eigenvalue weighted by Gasteiger charge is 2.14. The highest BCUT2D eigenvalue weighted by Crippen LogP contribution is 2.28. The Labute approximate surface area is 157 Å². The van der Waals surface area contributed by atoms with E-state index in [0.717, 1.165) is 33.5 Å². The van der Waals surface area contributed by atoms with E-state index in [1.807, 2.05) is 55.9 Å². The van der Waals surface area contributed by atoms with Crippen LogP contribution in [0.3, 0.4) is 0 Å². The lowest BCUT2D eigenvalue weighted by Gasteiger charge is -2.10. The van der Waals surface area contributed by atoms with Crippen molar-refractivity contribution in [1.29, 1.82) is 0 Å². The first-order valence-electron chi connectivity index (χ1n) is 8.44. The van der Waals surface area contributed by atoms with Gasteiger partial charge in [0.05, 0.1) is 11.3 Å². The Morgan fingerprint density at radius 1 is 1.31 bits per heavy atom. The van der Waals surface area contributed by atoms with Gasteiger partial charge in [-0.2, -0.15) is 0 Å². The summed E-state index contributed by atoms with van der Waals surface area (Å²) in [5, 5.41) is 6.97. The van der Waals surface area contributed by atoms with Crippen molar-refractivity contribution in [2.75, 3.05) is 6.54 Å². The molecule has 136 valence electrons. The Balaban J connectivity index is 1.62. The smallest absolute Gasteiger partial charge is 0.252 e. The molecule has 0 bridgehead atoms. The number of aromatic nitrogens is 3. The van der Waals surface area contributed by atoms with Crippen molar-refractivity contribution in [1.82, 2.24) is 20.0 Å². The zero-order chi connectivity index (χ0) is 18.5. The van der Waals surface area contributed by atoms with Crippen LogP contribution in [-0.2, 0) is 19.2 Å². The third-order valence-corrected chi connectivity index (χ3v) is 5.34. The SMILES string of the molecule is Cc1noc(C)c1CSc1ccccc1C(=O)NCCc1nccn1C. The van der Waals surface area contributed by atoms with Gasteiger partial charge in [-0.15, -0.1) is 11.8 Å². The van der Waals surface area contributed by atoms with Crippen molar-refractivity contribution in [3.8, 4) is 0 Å². The van der Waals surface area contributed by atoms with E-state index in [-0.39, 0.29) is 5.91 Å². The van der Waals surface area contributed by atoms with E-state index < -0.39 is 0 Å². The average Bonchev–Trinajstić information content (AvgIpc) is 3.19. The molecule has 0 atom stereocenters. The molecule has 0 unspecified atom stereocenters. The second-order valence-electron chi connectivity index (χ2n) is 6.05. The van der Waals surface area contributed by atoms with Crippen molar-refractivity contribution in [2.45, 2.75) is 30.9 Å². The van der Waals surface area contributed by atoms with Crippen LogP contribution in [0.25, 0.3) is 0 Å². The summed E-state index contributed by atoms with van der Waals surface area (Å²) in [4.78, 5) is 17.8. The van der Waals surface area contributed by atoms with Crippen LogP contribution in [0.2, 0.25) is 0 Å². The quantitative estimate of drug-likeness (QED) is 0.646. The fraction of sp³-hybridized carbons (Fsp3) is 0.316. The molecule has 0 saturated heterocycles. The number of nitrogens with zero attached hydrogens (tertiary/aromatic N) is 3. The van der Waals surface area contributed by atoms with E-state index in [0.29, 0.717) is 18.5 Å². The third-order valence-electron chi connectivity index (χ3n) is 4.24. The maximum atomic E-state index is 12.6. The van der Waals surface area contributed by atoms with Gasteiger partial charge < -0.3 is 14.4 Å². The highest BCUT2D eigenvalue weighted by atomic mass is 32.2. The largest absolute Gasteiger partial charge is 0.361 e. The summed E-state index contributed by atoms with van der Waals surface area (Å²) in [5.74, 6) is 2.43. The molecule has 0 aliphatic rings. The zero-order valence-electron chi connectivity index (χ0n) is 15.2. The summed E-state index contributed by atoms with van der Waals surface area (Å²) in [6, 6.07) is 7.65. The van der Waals surface area contributed by atoms with Crippen molar-refractivity contribution in [3.63, 3.8) is 0 Å². The minimum Gasteiger partial charge on any atom is -0.361 e. The minimum absolute atomic E-state index is 0.0685. The Kier molecular flexibility index (Phi) is 5.78. The van der Waals surface area contributed by atoms with Crippen molar-refractivity contribution in [2.24, 2.45) is 7.05 Å². The van der Waals surface area contributed by atoms with Crippen LogP contribution in [0.15, 0.2) is 46.1 Å². The summed E-state index contributed by atoms with van der Waals surface area (Å²) in [5.41, 5.74) is 2.66. The van der Waals surface area contributed by atoms with Crippen LogP contribution in [0.5, 0.6) is 0 Å². The standard InChI is InChI=1S/C19H22N4O2S/c1-13-16(14(2)25-22-13)12-26-17-7-5-4-6-15(17)19(24)21-9-8-18-20-10-11-23(18)3/h4-7,10-11H,8-9,12H2,1-3H3,(H,21,24). The molecule has 6 nitrogen and oxygen atoms in total. The van der Waals surface area contributed by atoms with Crippen LogP contribution < -0.4 is 5.32 Å². The molecule has 2 heterocycles. The summed E-state index contributed by atoms with van der Waals surface area (Å²) in [6.45, 7) is 4.39. The van der Waals surface area contributed by atoms with Crippen LogP contribution >= 0.6 is 11.8 Å². The number of carbonyl (C=O) groups is 1. The van der Waals surface area contributed by atoms with Gasteiger partial charge in [0, 0.05) is 48.6 Å². The maximum Gasteiger partial charge on any atom is 0.252 e. The number of carbonyl (C=O) groups excluding carboxylic acids is 1. The van der Waals surface area contributed by atoms with E-state index in [9.17, 15) is 4.79 Å². The molecule has 7 heteroatoms. The molecule has 3 rings (SSSR count). The van der Waals surface area contributed by atoms with Crippen molar-refractivity contribution in [3.05, 3.63) is 65.1 Å². The van der Waals surface area contributed by atoms with Gasteiger partial charge in [-0.1, -0.05) is 17.3 Å². The molecule has 0 aliphatic carbocycles. The predicted molar refractivity (Wildman–Crippen MR) is 101 cm³/mol. The van der Waals surface area contributed by atoms with Gasteiger partial charge in [0.2, 0.25) is 0 Å². The highest BCUT2D eigenvalue weighted by molar-refractivity contribution is 7.98. The molecule has 1 aromatic carbocycles. The molecule has 1 N–H and O–H groups in total. The second-order valence-corrected chi connectivity index (χ2v) is 7.07. The number of rotatable bonds is 7. The number of thioether (sulfide) groups is 1. The van der Waals surface area contributed by atoms with E-state index in [1.165, 1.54) is 0 Å². The van der Waals surface area contributed by atoms with Crippen LogP contribution in [0.4, 0.5) is 0 Å². The van der Waals surface area contributed by atoms with E-state index >= 15 is 0 Å². The molecular formula is C19H22N4O2S. The molecule has 0 radical (unpaired) electrons. The molecule has 2 aromatic heterocycles. The van der Waals surface area contributed by atoms with Gasteiger partial charge in [0.25, 0.3) is 5.91 Å². The molecule has 3 aromatic rings. The maximum absolute atomic E-state index is 12.6. The predicted octanol–water partition coefficient (Wildman–Crippen LogP) is 3.29. The van der Waals surface area contributed by atoms with Crippen molar-refractivity contribution >= 4 is 17.7 Å². The topological polar surface area (TPSA) is 73.0 Å². The number of amides is 1. The number of benzene rings is 1. The third kappa shape index (κ3) is 4.16. The number of hydrogen-bond donors (Lipinski definition) is 1. The van der Waals surface area contributed by atoms with E-state index in [2.05, 4.69) is 15.5 Å². The normalized spacial score (nSPS) is 10.9. The van der Waals surface area contributed by atoms with Crippen molar-refractivity contribution < 1.29 is 9.32 Å². The van der Waals surface area contributed by atoms with Gasteiger partial charge in [0.15, 0.2) is 0 Å². The molecule has 0 spiro atoms. The second kappa shape index (κ2) is 8.23. The number of hydrogen-bond acceptors (Lipinski definition) is 5. The lowest BCUT2D eigenvalue weighted by atomic mass is 10.2. The van der Waals surface area contributed by atoms with Crippen LogP contribution in [0.1, 0.15) is 33.2 Å². The number of nitrogens with one attached hydrogen (secondary N) is 1. The molecule has 1 amide bonds. The molecule has 0 aliphatic heterocycles. The first kappa shape index (κ1) is 18.3. The summed E-state index contributed by atoms with van der Waals surface area (Å²) in [7, 11) is 1.95. The summed E-state index contributed by atoms with van der Waals surface area (Å²) in [6.07, 6.45) is 4.36. The van der Waals surface area contributed by atoms with E-state index in [4.69, 9.17) is 4.52 Å². The first-order chi connectivity index (χ1) is 12.6. The summed E-state index contributed by atoms with van der Waals surface area (Å²) >= 11 is 1.62. The lowest BCUT2D eigenvalue weighted by molar-refractivity contribution is 0.0951. The monoisotopic (exact) mass is 370 g/mol. The van der Waals surface area contributed by atoms with Crippen LogP contribution in [0, 0.1) is 13.8 Å². The number of imidazole rings is 1. The Morgan fingerprint density at radius 2 is 2.12 bits per heavy atom. The van der Waals surface area contributed by atoms with Gasteiger partial charge in [0.1, 0.15) is 11.6 Å². The molecule has 0 saturated carbocycles. The van der Waals surface area contributed by atoms with Gasteiger partial charge in [-0.3, -0.25) is 4.79 Å².